The van der Waals surface area contributed by atoms with Crippen LogP contribution in [0.25, 0.3) is 0 Å². The molecule has 0 aromatic rings. The Hall–Kier alpha value is -0.180. The van der Waals surface area contributed by atoms with Crippen molar-refractivity contribution in [2.24, 2.45) is 10.6 Å². The molecule has 8 heteroatoms. The summed E-state index contributed by atoms with van der Waals surface area (Å²) in [6, 6.07) is 0. The molecule has 108 valence electrons. The average molecular weight is 298 g/mol. The van der Waals surface area contributed by atoms with Crippen molar-refractivity contribution in [1.29, 1.82) is 0 Å². The number of hydrogen-bond acceptors (Lipinski definition) is 4. The number of hydrogen-bond donors (Lipinski definition) is 1. The summed E-state index contributed by atoms with van der Waals surface area (Å²) in [4.78, 5) is 0. The summed E-state index contributed by atoms with van der Waals surface area (Å²) in [6.07, 6.45) is 0.963. The van der Waals surface area contributed by atoms with Crippen LogP contribution in [0.1, 0.15) is 33.6 Å². The van der Waals surface area contributed by atoms with Crippen LogP contribution in [0.2, 0.25) is 0 Å². The monoisotopic (exact) mass is 298 g/mol. The zero-order valence-electron chi connectivity index (χ0n) is 11.1. The van der Waals surface area contributed by atoms with E-state index in [2.05, 4.69) is 0 Å². The molecule has 1 saturated heterocycles. The molecule has 6 nitrogen and oxygen atoms in total. The Kier molecular flexibility index (Phi) is 4.47. The number of nitrogens with two attached hydrogens (primary N) is 1. The lowest BCUT2D eigenvalue weighted by molar-refractivity contribution is 0.337. The van der Waals surface area contributed by atoms with Crippen LogP contribution in [-0.4, -0.2) is 45.2 Å². The number of piperidine rings is 1. The van der Waals surface area contributed by atoms with Gasteiger partial charge in [0, 0.05) is 13.1 Å². The van der Waals surface area contributed by atoms with Crippen molar-refractivity contribution >= 4 is 20.0 Å². The number of primary sulfonamides is 1. The summed E-state index contributed by atoms with van der Waals surface area (Å²) < 4.78 is 48.2. The SMILES string of the molecule is CC(C)(C)CS(=O)(=O)N1CCCC(S(N)(=O)=O)C1. The maximum absolute atomic E-state index is 12.2. The highest BCUT2D eigenvalue weighted by Crippen LogP contribution is 2.23. The third kappa shape index (κ3) is 4.49. The van der Waals surface area contributed by atoms with Crippen LogP contribution in [0.15, 0.2) is 0 Å². The molecule has 1 aliphatic rings. The second-order valence-corrected chi connectivity index (χ2v) is 9.84. The molecule has 1 fully saturated rings. The first-order valence-corrected chi connectivity index (χ1v) is 9.13. The fraction of sp³-hybridized carbons (Fsp3) is 1.00. The topological polar surface area (TPSA) is 97.5 Å². The summed E-state index contributed by atoms with van der Waals surface area (Å²) in [6.45, 7) is 5.88. The summed E-state index contributed by atoms with van der Waals surface area (Å²) in [7, 11) is -7.09. The van der Waals surface area contributed by atoms with E-state index in [0.717, 1.165) is 0 Å². The molecule has 0 aromatic heterocycles. The van der Waals surface area contributed by atoms with Crippen LogP contribution < -0.4 is 5.14 Å². The first-order valence-electron chi connectivity index (χ1n) is 5.91. The van der Waals surface area contributed by atoms with Gasteiger partial charge in [-0.2, -0.15) is 0 Å². The zero-order chi connectivity index (χ0) is 14.2. The van der Waals surface area contributed by atoms with Crippen molar-refractivity contribution in [3.05, 3.63) is 0 Å². The van der Waals surface area contributed by atoms with Crippen LogP contribution in [0.3, 0.4) is 0 Å². The van der Waals surface area contributed by atoms with Gasteiger partial charge in [0.25, 0.3) is 0 Å². The van der Waals surface area contributed by atoms with E-state index in [9.17, 15) is 16.8 Å². The molecule has 1 rings (SSSR count). The van der Waals surface area contributed by atoms with Crippen LogP contribution in [-0.2, 0) is 20.0 Å². The molecule has 1 unspecified atom stereocenters. The summed E-state index contributed by atoms with van der Waals surface area (Å²) >= 11 is 0. The van der Waals surface area contributed by atoms with Crippen molar-refractivity contribution in [2.75, 3.05) is 18.8 Å². The Morgan fingerprint density at radius 2 is 1.78 bits per heavy atom. The average Bonchev–Trinajstić information content (AvgIpc) is 2.13. The first kappa shape index (κ1) is 15.9. The van der Waals surface area contributed by atoms with Gasteiger partial charge >= 0.3 is 0 Å². The number of sulfonamides is 2. The van der Waals surface area contributed by atoms with Gasteiger partial charge in [-0.05, 0) is 18.3 Å². The fourth-order valence-electron chi connectivity index (χ4n) is 2.06. The highest BCUT2D eigenvalue weighted by molar-refractivity contribution is 7.90. The van der Waals surface area contributed by atoms with Crippen molar-refractivity contribution in [1.82, 2.24) is 4.31 Å². The molecule has 0 aromatic carbocycles. The molecule has 0 amide bonds. The van der Waals surface area contributed by atoms with Crippen molar-refractivity contribution in [3.8, 4) is 0 Å². The first-order chi connectivity index (χ1) is 7.92. The van der Waals surface area contributed by atoms with Crippen LogP contribution >= 0.6 is 0 Å². The molecule has 1 aliphatic heterocycles. The van der Waals surface area contributed by atoms with Crippen LogP contribution in [0, 0.1) is 5.41 Å². The molecular weight excluding hydrogens is 276 g/mol. The Morgan fingerprint density at radius 3 is 2.22 bits per heavy atom. The van der Waals surface area contributed by atoms with Gasteiger partial charge in [0.2, 0.25) is 20.0 Å². The van der Waals surface area contributed by atoms with E-state index in [1.165, 1.54) is 4.31 Å². The molecule has 0 saturated carbocycles. The summed E-state index contributed by atoms with van der Waals surface area (Å²) in [5.74, 6) is 0.0112. The van der Waals surface area contributed by atoms with Gasteiger partial charge < -0.3 is 0 Å². The summed E-state index contributed by atoms with van der Waals surface area (Å²) in [5.41, 5.74) is -0.354. The Labute approximate surface area is 110 Å². The molecule has 2 N–H and O–H groups in total. The van der Waals surface area contributed by atoms with E-state index in [4.69, 9.17) is 5.14 Å². The summed E-state index contributed by atoms with van der Waals surface area (Å²) in [5, 5.41) is 4.32. The van der Waals surface area contributed by atoms with Crippen molar-refractivity contribution in [2.45, 2.75) is 38.9 Å². The standard InChI is InChI=1S/C10H22N2O4S2/c1-10(2,3)8-17(13,14)12-6-4-5-9(7-12)18(11,15)16/h9H,4-8H2,1-3H3,(H2,11,15,16). The molecule has 0 spiro atoms. The van der Waals surface area contributed by atoms with Gasteiger partial charge in [-0.25, -0.2) is 26.3 Å². The Bertz CT molecular complexity index is 490. The number of rotatable bonds is 3. The largest absolute Gasteiger partial charge is 0.228 e. The zero-order valence-corrected chi connectivity index (χ0v) is 12.7. The Balaban J connectivity index is 2.85. The molecule has 1 heterocycles. The van der Waals surface area contributed by atoms with Crippen LogP contribution in [0.4, 0.5) is 0 Å². The van der Waals surface area contributed by atoms with E-state index >= 15 is 0 Å². The van der Waals surface area contributed by atoms with Crippen molar-refractivity contribution < 1.29 is 16.8 Å². The van der Waals surface area contributed by atoms with Crippen molar-refractivity contribution in [3.63, 3.8) is 0 Å². The second-order valence-electron chi connectivity index (χ2n) is 6.03. The highest BCUT2D eigenvalue weighted by Gasteiger charge is 2.35. The highest BCUT2D eigenvalue weighted by atomic mass is 32.2. The van der Waals surface area contributed by atoms with E-state index in [1.807, 2.05) is 20.8 Å². The maximum Gasteiger partial charge on any atom is 0.214 e. The van der Waals surface area contributed by atoms with Crippen LogP contribution in [0.5, 0.6) is 0 Å². The van der Waals surface area contributed by atoms with Gasteiger partial charge in [0.1, 0.15) is 0 Å². The Morgan fingerprint density at radius 1 is 1.22 bits per heavy atom. The molecule has 18 heavy (non-hydrogen) atoms. The number of nitrogens with zero attached hydrogens (tertiary/aromatic N) is 1. The molecular formula is C10H22N2O4S2. The molecule has 0 bridgehead atoms. The van der Waals surface area contributed by atoms with E-state index < -0.39 is 25.3 Å². The van der Waals surface area contributed by atoms with Gasteiger partial charge in [-0.3, -0.25) is 0 Å². The lowest BCUT2D eigenvalue weighted by atomic mass is 10.0. The predicted molar refractivity (Wildman–Crippen MR) is 70.9 cm³/mol. The fourth-order valence-corrected chi connectivity index (χ4v) is 5.13. The van der Waals surface area contributed by atoms with Gasteiger partial charge in [0.15, 0.2) is 0 Å². The maximum atomic E-state index is 12.2. The quantitative estimate of drug-likeness (QED) is 0.800. The molecule has 1 atom stereocenters. The minimum Gasteiger partial charge on any atom is -0.228 e. The van der Waals surface area contributed by atoms with Gasteiger partial charge in [0.05, 0.1) is 11.0 Å². The minimum absolute atomic E-state index is 0.0112. The second kappa shape index (κ2) is 5.07. The smallest absolute Gasteiger partial charge is 0.214 e. The van der Waals surface area contributed by atoms with E-state index in [1.54, 1.807) is 0 Å². The lowest BCUT2D eigenvalue weighted by Gasteiger charge is -2.32. The van der Waals surface area contributed by atoms with E-state index in [-0.39, 0.29) is 17.7 Å². The van der Waals surface area contributed by atoms with Gasteiger partial charge in [-0.15, -0.1) is 0 Å². The third-order valence-electron chi connectivity index (χ3n) is 2.81. The minimum atomic E-state index is -3.67. The van der Waals surface area contributed by atoms with Gasteiger partial charge in [-0.1, -0.05) is 20.8 Å². The van der Waals surface area contributed by atoms with E-state index in [0.29, 0.717) is 19.4 Å². The normalized spacial score (nSPS) is 24.1. The molecule has 0 radical (unpaired) electrons. The predicted octanol–water partition coefficient (Wildman–Crippen LogP) is 0.115. The molecule has 0 aliphatic carbocycles. The lowest BCUT2D eigenvalue weighted by Crippen LogP contribution is -2.48. The third-order valence-corrected chi connectivity index (χ3v) is 6.48.